The summed E-state index contributed by atoms with van der Waals surface area (Å²) in [7, 11) is 0. The van der Waals surface area contributed by atoms with Crippen LogP contribution in [0.5, 0.6) is 0 Å². The zero-order valence-corrected chi connectivity index (χ0v) is 12.4. The van der Waals surface area contributed by atoms with Gasteiger partial charge >= 0.3 is 6.18 Å². The molecule has 2 unspecified atom stereocenters. The van der Waals surface area contributed by atoms with E-state index in [0.29, 0.717) is 19.0 Å². The van der Waals surface area contributed by atoms with Gasteiger partial charge in [0.1, 0.15) is 5.82 Å². The van der Waals surface area contributed by atoms with E-state index >= 15 is 0 Å². The van der Waals surface area contributed by atoms with Crippen molar-refractivity contribution in [3.8, 4) is 0 Å². The van der Waals surface area contributed by atoms with E-state index in [-0.39, 0.29) is 12.0 Å². The van der Waals surface area contributed by atoms with Crippen molar-refractivity contribution in [3.63, 3.8) is 0 Å². The van der Waals surface area contributed by atoms with Crippen molar-refractivity contribution in [2.45, 2.75) is 18.7 Å². The highest BCUT2D eigenvalue weighted by atomic mass is 19.4. The zero-order valence-electron chi connectivity index (χ0n) is 12.4. The van der Waals surface area contributed by atoms with Crippen LogP contribution in [0.4, 0.5) is 19.0 Å². The lowest BCUT2D eigenvalue weighted by Crippen LogP contribution is -2.18. The molecule has 0 saturated carbocycles. The second kappa shape index (κ2) is 6.58. The van der Waals surface area contributed by atoms with E-state index in [0.717, 1.165) is 24.2 Å². The zero-order chi connectivity index (χ0) is 16.3. The standard InChI is InChI=1S/C17H17F3N2O/c18-17(19,20)14-6-7-15(22-11-14)21-10-13-8-9-23-16(13)12-4-2-1-3-5-12/h1-7,11,13,16H,8-10H2,(H,21,22). The average molecular weight is 322 g/mol. The lowest BCUT2D eigenvalue weighted by atomic mass is 9.95. The van der Waals surface area contributed by atoms with Gasteiger partial charge in [0, 0.05) is 25.3 Å². The van der Waals surface area contributed by atoms with Gasteiger partial charge in [-0.1, -0.05) is 30.3 Å². The Morgan fingerprint density at radius 2 is 1.91 bits per heavy atom. The number of halogens is 3. The summed E-state index contributed by atoms with van der Waals surface area (Å²) in [5.41, 5.74) is 0.381. The number of benzene rings is 1. The minimum absolute atomic E-state index is 0.0122. The first-order valence-corrected chi connectivity index (χ1v) is 7.48. The molecule has 1 saturated heterocycles. The van der Waals surface area contributed by atoms with Crippen molar-refractivity contribution in [2.24, 2.45) is 5.92 Å². The molecule has 3 rings (SSSR count). The van der Waals surface area contributed by atoms with Gasteiger partial charge in [0.15, 0.2) is 0 Å². The van der Waals surface area contributed by atoms with E-state index < -0.39 is 11.7 Å². The van der Waals surface area contributed by atoms with Crippen LogP contribution in [-0.2, 0) is 10.9 Å². The van der Waals surface area contributed by atoms with Gasteiger partial charge in [-0.3, -0.25) is 0 Å². The predicted molar refractivity (Wildman–Crippen MR) is 81.0 cm³/mol. The fourth-order valence-electron chi connectivity index (χ4n) is 2.76. The van der Waals surface area contributed by atoms with Crippen LogP contribution in [0, 0.1) is 5.92 Å². The second-order valence-corrected chi connectivity index (χ2v) is 5.56. The van der Waals surface area contributed by atoms with Gasteiger partial charge in [0.05, 0.1) is 11.7 Å². The summed E-state index contributed by atoms with van der Waals surface area (Å²) in [4.78, 5) is 3.83. The Morgan fingerprint density at radius 1 is 1.13 bits per heavy atom. The summed E-state index contributed by atoms with van der Waals surface area (Å²) in [6.45, 7) is 1.30. The van der Waals surface area contributed by atoms with Crippen LogP contribution in [0.1, 0.15) is 23.7 Å². The molecule has 3 nitrogen and oxygen atoms in total. The Labute approximate surface area is 132 Å². The number of hydrogen-bond acceptors (Lipinski definition) is 3. The molecule has 1 aromatic carbocycles. The number of nitrogens with one attached hydrogen (secondary N) is 1. The van der Waals surface area contributed by atoms with Crippen molar-refractivity contribution in [3.05, 3.63) is 59.8 Å². The number of anilines is 1. The molecule has 0 bridgehead atoms. The molecule has 2 aromatic rings. The first-order chi connectivity index (χ1) is 11.0. The quantitative estimate of drug-likeness (QED) is 0.912. The molecular formula is C17H17F3N2O. The van der Waals surface area contributed by atoms with Gasteiger partial charge < -0.3 is 10.1 Å². The van der Waals surface area contributed by atoms with Gasteiger partial charge in [-0.25, -0.2) is 4.98 Å². The molecule has 0 amide bonds. The SMILES string of the molecule is FC(F)(F)c1ccc(NCC2CCOC2c2ccccc2)nc1. The van der Waals surface area contributed by atoms with Crippen LogP contribution in [0.15, 0.2) is 48.7 Å². The van der Waals surface area contributed by atoms with Crippen molar-refractivity contribution >= 4 is 5.82 Å². The third-order valence-electron chi connectivity index (χ3n) is 3.98. The van der Waals surface area contributed by atoms with Gasteiger partial charge in [-0.15, -0.1) is 0 Å². The lowest BCUT2D eigenvalue weighted by Gasteiger charge is -2.19. The molecular weight excluding hydrogens is 305 g/mol. The van der Waals surface area contributed by atoms with Crippen molar-refractivity contribution in [2.75, 3.05) is 18.5 Å². The van der Waals surface area contributed by atoms with Crippen molar-refractivity contribution in [1.29, 1.82) is 0 Å². The molecule has 0 radical (unpaired) electrons. The summed E-state index contributed by atoms with van der Waals surface area (Å²) in [6.07, 6.45) is -2.59. The molecule has 1 N–H and O–H groups in total. The molecule has 6 heteroatoms. The Kier molecular flexibility index (Phi) is 4.52. The number of ether oxygens (including phenoxy) is 1. The highest BCUT2D eigenvalue weighted by Crippen LogP contribution is 2.34. The minimum atomic E-state index is -4.36. The third kappa shape index (κ3) is 3.82. The fraction of sp³-hybridized carbons (Fsp3) is 0.353. The maximum atomic E-state index is 12.5. The summed E-state index contributed by atoms with van der Waals surface area (Å²) in [6, 6.07) is 12.3. The van der Waals surface area contributed by atoms with Gasteiger partial charge in [0.2, 0.25) is 0 Å². The summed E-state index contributed by atoms with van der Waals surface area (Å²) in [5.74, 6) is 0.707. The Morgan fingerprint density at radius 3 is 2.57 bits per heavy atom. The molecule has 1 aromatic heterocycles. The monoisotopic (exact) mass is 322 g/mol. The number of rotatable bonds is 4. The normalized spacial score (nSPS) is 21.3. The molecule has 122 valence electrons. The van der Waals surface area contributed by atoms with Crippen LogP contribution >= 0.6 is 0 Å². The highest BCUT2D eigenvalue weighted by molar-refractivity contribution is 5.36. The molecule has 23 heavy (non-hydrogen) atoms. The highest BCUT2D eigenvalue weighted by Gasteiger charge is 2.31. The van der Waals surface area contributed by atoms with Crippen molar-refractivity contribution < 1.29 is 17.9 Å². The van der Waals surface area contributed by atoms with Crippen LogP contribution in [0.2, 0.25) is 0 Å². The Hall–Kier alpha value is -2.08. The molecule has 1 aliphatic heterocycles. The number of hydrogen-bond donors (Lipinski definition) is 1. The molecule has 0 aliphatic carbocycles. The van der Waals surface area contributed by atoms with Crippen LogP contribution in [-0.4, -0.2) is 18.1 Å². The Balaban J connectivity index is 1.61. The van der Waals surface area contributed by atoms with Crippen LogP contribution in [0.25, 0.3) is 0 Å². The minimum Gasteiger partial charge on any atom is -0.373 e. The number of aromatic nitrogens is 1. The molecule has 1 aliphatic rings. The third-order valence-corrected chi connectivity index (χ3v) is 3.98. The summed E-state index contributed by atoms with van der Waals surface area (Å²) < 4.78 is 43.3. The lowest BCUT2D eigenvalue weighted by molar-refractivity contribution is -0.137. The molecule has 2 heterocycles. The summed E-state index contributed by atoms with van der Waals surface area (Å²) >= 11 is 0. The van der Waals surface area contributed by atoms with E-state index in [1.807, 2.05) is 30.3 Å². The van der Waals surface area contributed by atoms with Crippen LogP contribution < -0.4 is 5.32 Å². The van der Waals surface area contributed by atoms with E-state index in [1.54, 1.807) is 0 Å². The maximum Gasteiger partial charge on any atom is 0.417 e. The predicted octanol–water partition coefficient (Wildman–Crippen LogP) is 4.29. The van der Waals surface area contributed by atoms with E-state index in [9.17, 15) is 13.2 Å². The van der Waals surface area contributed by atoms with E-state index in [2.05, 4.69) is 10.3 Å². The topological polar surface area (TPSA) is 34.1 Å². The van der Waals surface area contributed by atoms with Crippen LogP contribution in [0.3, 0.4) is 0 Å². The van der Waals surface area contributed by atoms with E-state index in [1.165, 1.54) is 6.07 Å². The second-order valence-electron chi connectivity index (χ2n) is 5.56. The first kappa shape index (κ1) is 15.8. The van der Waals surface area contributed by atoms with E-state index in [4.69, 9.17) is 4.74 Å². The fourth-order valence-corrected chi connectivity index (χ4v) is 2.76. The first-order valence-electron chi connectivity index (χ1n) is 7.48. The summed E-state index contributed by atoms with van der Waals surface area (Å²) in [5, 5.41) is 3.11. The molecule has 1 fully saturated rings. The number of nitrogens with zero attached hydrogens (tertiary/aromatic N) is 1. The molecule has 0 spiro atoms. The number of pyridine rings is 1. The largest absolute Gasteiger partial charge is 0.417 e. The maximum absolute atomic E-state index is 12.5. The average Bonchev–Trinajstić information content (AvgIpc) is 3.02. The van der Waals surface area contributed by atoms with Gasteiger partial charge in [0.25, 0.3) is 0 Å². The van der Waals surface area contributed by atoms with Gasteiger partial charge in [-0.2, -0.15) is 13.2 Å². The smallest absolute Gasteiger partial charge is 0.373 e. The van der Waals surface area contributed by atoms with Crippen molar-refractivity contribution in [1.82, 2.24) is 4.98 Å². The molecule has 2 atom stereocenters. The Bertz CT molecular complexity index is 629. The number of alkyl halides is 3. The van der Waals surface area contributed by atoms with Gasteiger partial charge in [-0.05, 0) is 24.1 Å².